The predicted molar refractivity (Wildman–Crippen MR) is 251 cm³/mol. The van der Waals surface area contributed by atoms with E-state index in [1.807, 2.05) is 11.3 Å². The van der Waals surface area contributed by atoms with Crippen molar-refractivity contribution in [2.45, 2.75) is 57.2 Å². The van der Waals surface area contributed by atoms with E-state index in [1.54, 1.807) is 11.1 Å². The molecule has 5 aliphatic rings. The van der Waals surface area contributed by atoms with Crippen molar-refractivity contribution in [3.63, 3.8) is 0 Å². The van der Waals surface area contributed by atoms with Crippen LogP contribution in [-0.2, 0) is 5.41 Å². The van der Waals surface area contributed by atoms with Gasteiger partial charge in [-0.25, -0.2) is 0 Å². The van der Waals surface area contributed by atoms with Gasteiger partial charge in [0.25, 0.3) is 0 Å². The maximum Gasteiger partial charge on any atom is 0.0775 e. The van der Waals surface area contributed by atoms with Crippen molar-refractivity contribution >= 4 is 61.8 Å². The third-order valence-electron chi connectivity index (χ3n) is 14.8. The molecule has 0 amide bonds. The Labute approximate surface area is 348 Å². The fourth-order valence-electron chi connectivity index (χ4n) is 12.4. The Morgan fingerprint density at radius 1 is 0.466 bits per heavy atom. The maximum atomic E-state index is 2.56. The standard InChI is InChI=1S/C55H49NSSi/c1-58(2,3)46-22-19-44(20-23-46)56(43-17-13-38(14-18-43)37-9-5-4-6-10-37)45-21-25-49-48-24-15-40(33-53(48)57-54(49)34-45)39-16-26-52-50(32-39)47-11-7-8-12-51(47)55(52)41-28-35-27-36(30-41)31-42(55)29-35/h4-26,32-36,41-42H,27-31H2,1-3H3. The van der Waals surface area contributed by atoms with Gasteiger partial charge < -0.3 is 4.90 Å². The Balaban J connectivity index is 0.926. The average Bonchev–Trinajstić information content (AvgIpc) is 3.76. The van der Waals surface area contributed by atoms with E-state index in [0.717, 1.165) is 29.4 Å². The van der Waals surface area contributed by atoms with Gasteiger partial charge in [-0.15, -0.1) is 11.3 Å². The van der Waals surface area contributed by atoms with Gasteiger partial charge in [-0.1, -0.05) is 134 Å². The van der Waals surface area contributed by atoms with Gasteiger partial charge in [0.15, 0.2) is 0 Å². The van der Waals surface area contributed by atoms with Crippen molar-refractivity contribution in [2.24, 2.45) is 23.7 Å². The second-order valence-corrected chi connectivity index (χ2v) is 25.2. The van der Waals surface area contributed by atoms with Gasteiger partial charge >= 0.3 is 0 Å². The first-order valence-corrected chi connectivity index (χ1v) is 25.9. The molecule has 5 aliphatic carbocycles. The molecule has 4 saturated carbocycles. The van der Waals surface area contributed by atoms with Crippen molar-refractivity contribution in [3.05, 3.63) is 169 Å². The molecule has 0 saturated heterocycles. The van der Waals surface area contributed by atoms with Crippen LogP contribution in [0.3, 0.4) is 0 Å². The van der Waals surface area contributed by atoms with Crippen LogP contribution in [0.4, 0.5) is 17.1 Å². The molecule has 0 aliphatic heterocycles. The lowest BCUT2D eigenvalue weighted by molar-refractivity contribution is -0.0399. The summed E-state index contributed by atoms with van der Waals surface area (Å²) < 4.78 is 2.67. The van der Waals surface area contributed by atoms with E-state index in [-0.39, 0.29) is 5.41 Å². The summed E-state index contributed by atoms with van der Waals surface area (Å²) in [5.74, 6) is 3.52. The molecular formula is C55H49NSSi. The fourth-order valence-corrected chi connectivity index (χ4v) is 14.8. The predicted octanol–water partition coefficient (Wildman–Crippen LogP) is 15.1. The summed E-state index contributed by atoms with van der Waals surface area (Å²) in [4.78, 5) is 2.43. The number of rotatable bonds is 6. The molecule has 1 nitrogen and oxygen atoms in total. The van der Waals surface area contributed by atoms with Gasteiger partial charge in [-0.2, -0.15) is 0 Å². The van der Waals surface area contributed by atoms with E-state index in [2.05, 4.69) is 182 Å². The molecule has 1 aromatic heterocycles. The zero-order chi connectivity index (χ0) is 38.8. The SMILES string of the molecule is C[Si](C)(C)c1ccc(N(c2ccc(-c3ccccc3)cc2)c2ccc3c(c2)sc2cc(-c4ccc5c(c4)-c4ccccc4C54C5CC6CC(C5)CC4C6)ccc23)cc1. The van der Waals surface area contributed by atoms with Crippen LogP contribution in [0.25, 0.3) is 53.6 Å². The molecule has 0 unspecified atom stereocenters. The van der Waals surface area contributed by atoms with Crippen molar-refractivity contribution in [1.82, 2.24) is 0 Å². The van der Waals surface area contributed by atoms with Gasteiger partial charge in [0, 0.05) is 42.6 Å². The van der Waals surface area contributed by atoms with Gasteiger partial charge in [-0.3, -0.25) is 0 Å². The van der Waals surface area contributed by atoms with Gasteiger partial charge in [0.2, 0.25) is 0 Å². The van der Waals surface area contributed by atoms with E-state index in [4.69, 9.17) is 0 Å². The Morgan fingerprint density at radius 3 is 1.71 bits per heavy atom. The Hall–Kier alpha value is -5.22. The maximum absolute atomic E-state index is 2.56. The zero-order valence-corrected chi connectivity index (χ0v) is 35.5. The molecule has 4 fully saturated rings. The monoisotopic (exact) mass is 783 g/mol. The van der Waals surface area contributed by atoms with Crippen molar-refractivity contribution in [3.8, 4) is 33.4 Å². The van der Waals surface area contributed by atoms with Crippen LogP contribution in [0.15, 0.2) is 158 Å². The van der Waals surface area contributed by atoms with Crippen molar-refractivity contribution < 1.29 is 0 Å². The lowest BCUT2D eigenvalue weighted by Gasteiger charge is -2.61. The van der Waals surface area contributed by atoms with Crippen LogP contribution in [0.2, 0.25) is 19.6 Å². The fraction of sp³-hybridized carbons (Fsp3) is 0.236. The summed E-state index contributed by atoms with van der Waals surface area (Å²) in [6.07, 6.45) is 7.20. The Morgan fingerprint density at radius 2 is 1.00 bits per heavy atom. The number of hydrogen-bond donors (Lipinski definition) is 0. The van der Waals surface area contributed by atoms with Gasteiger partial charge in [-0.05, 0) is 149 Å². The molecule has 284 valence electrons. The first-order valence-electron chi connectivity index (χ1n) is 21.6. The van der Waals surface area contributed by atoms with Gasteiger partial charge in [0.05, 0.1) is 8.07 Å². The largest absolute Gasteiger partial charge is 0.310 e. The molecule has 13 rings (SSSR count). The molecule has 0 atom stereocenters. The minimum atomic E-state index is -1.43. The normalized spacial score (nSPS) is 22.8. The highest BCUT2D eigenvalue weighted by molar-refractivity contribution is 7.25. The Kier molecular flexibility index (Phi) is 7.73. The summed E-state index contributed by atoms with van der Waals surface area (Å²) in [7, 11) is -1.43. The smallest absolute Gasteiger partial charge is 0.0775 e. The molecule has 0 N–H and O–H groups in total. The van der Waals surface area contributed by atoms with Crippen LogP contribution in [0.1, 0.15) is 43.2 Å². The van der Waals surface area contributed by atoms with Crippen LogP contribution >= 0.6 is 11.3 Å². The highest BCUT2D eigenvalue weighted by Gasteiger charge is 2.61. The van der Waals surface area contributed by atoms with E-state index < -0.39 is 8.07 Å². The average molecular weight is 784 g/mol. The van der Waals surface area contributed by atoms with Crippen LogP contribution in [0, 0.1) is 23.7 Å². The second kappa shape index (κ2) is 12.9. The Bertz CT molecular complexity index is 2850. The highest BCUT2D eigenvalue weighted by atomic mass is 32.1. The number of anilines is 3. The quantitative estimate of drug-likeness (QED) is 0.152. The van der Waals surface area contributed by atoms with Crippen molar-refractivity contribution in [1.29, 1.82) is 0 Å². The van der Waals surface area contributed by atoms with Crippen LogP contribution in [0.5, 0.6) is 0 Å². The lowest BCUT2D eigenvalue weighted by atomic mass is 9.43. The number of hydrogen-bond acceptors (Lipinski definition) is 2. The minimum Gasteiger partial charge on any atom is -0.310 e. The molecule has 8 aromatic rings. The number of nitrogens with zero attached hydrogens (tertiary/aromatic N) is 1. The summed E-state index contributed by atoms with van der Waals surface area (Å²) in [5.41, 5.74) is 15.1. The minimum absolute atomic E-state index is 0.221. The molecule has 1 heterocycles. The third-order valence-corrected chi connectivity index (χ3v) is 18.0. The molecule has 7 aromatic carbocycles. The number of thiophene rings is 1. The molecule has 58 heavy (non-hydrogen) atoms. The highest BCUT2D eigenvalue weighted by Crippen LogP contribution is 2.69. The number of benzene rings is 7. The molecule has 1 spiro atoms. The third kappa shape index (κ3) is 5.25. The summed E-state index contributed by atoms with van der Waals surface area (Å²) in [5, 5.41) is 4.15. The summed E-state index contributed by atoms with van der Waals surface area (Å²) in [6.45, 7) is 7.26. The van der Waals surface area contributed by atoms with Crippen LogP contribution in [-0.4, -0.2) is 8.07 Å². The molecule has 3 heteroatoms. The first kappa shape index (κ1) is 34.8. The molecule has 0 radical (unpaired) electrons. The van der Waals surface area contributed by atoms with Crippen molar-refractivity contribution in [2.75, 3.05) is 4.90 Å². The lowest BCUT2D eigenvalue weighted by Crippen LogP contribution is -2.55. The van der Waals surface area contributed by atoms with Crippen LogP contribution < -0.4 is 10.1 Å². The first-order chi connectivity index (χ1) is 28.3. The topological polar surface area (TPSA) is 3.24 Å². The molecule has 4 bridgehead atoms. The summed E-state index contributed by atoms with van der Waals surface area (Å²) >= 11 is 1.92. The molecular weight excluding hydrogens is 735 g/mol. The summed E-state index contributed by atoms with van der Waals surface area (Å²) in [6, 6.07) is 60.4. The second-order valence-electron chi connectivity index (χ2n) is 19.0. The van der Waals surface area contributed by atoms with Gasteiger partial charge in [0.1, 0.15) is 0 Å². The zero-order valence-electron chi connectivity index (χ0n) is 33.7. The van der Waals surface area contributed by atoms with E-state index >= 15 is 0 Å². The van der Waals surface area contributed by atoms with E-state index in [1.165, 1.54) is 102 Å². The van der Waals surface area contributed by atoms with E-state index in [0.29, 0.717) is 0 Å². The number of fused-ring (bicyclic) bond motifs is 6. The van der Waals surface area contributed by atoms with E-state index in [9.17, 15) is 0 Å².